The van der Waals surface area contributed by atoms with Gasteiger partial charge < -0.3 is 10.1 Å². The van der Waals surface area contributed by atoms with Crippen molar-refractivity contribution in [2.45, 2.75) is 32.9 Å². The molecule has 0 aliphatic rings. The topological polar surface area (TPSA) is 21.3 Å². The highest BCUT2D eigenvalue weighted by molar-refractivity contribution is 5.18. The van der Waals surface area contributed by atoms with Crippen LogP contribution in [0.1, 0.15) is 32.4 Å². The Kier molecular flexibility index (Phi) is 5.50. The molecule has 1 rings (SSSR count). The van der Waals surface area contributed by atoms with Crippen LogP contribution >= 0.6 is 0 Å². The van der Waals surface area contributed by atoms with Crippen molar-refractivity contribution >= 4 is 0 Å². The fourth-order valence-corrected chi connectivity index (χ4v) is 1.77. The minimum Gasteiger partial charge on any atom is -0.383 e. The molecule has 0 fully saturated rings. The SMILES string of the molecule is COCC(N[C@H](C)c1ccccc1)C(C)C. The van der Waals surface area contributed by atoms with Crippen molar-refractivity contribution in [1.82, 2.24) is 5.32 Å². The zero-order chi connectivity index (χ0) is 12.0. The zero-order valence-electron chi connectivity index (χ0n) is 10.7. The summed E-state index contributed by atoms with van der Waals surface area (Å²) in [5, 5.41) is 3.61. The van der Waals surface area contributed by atoms with Gasteiger partial charge >= 0.3 is 0 Å². The maximum Gasteiger partial charge on any atom is 0.0618 e. The number of benzene rings is 1. The van der Waals surface area contributed by atoms with Crippen molar-refractivity contribution in [3.63, 3.8) is 0 Å². The standard InChI is InChI=1S/C14H23NO/c1-11(2)14(10-16-4)15-12(3)13-8-6-5-7-9-13/h5-9,11-12,14-15H,10H2,1-4H3/t12-,14?/m1/s1. The van der Waals surface area contributed by atoms with E-state index in [1.165, 1.54) is 5.56 Å². The third-order valence-corrected chi connectivity index (χ3v) is 2.91. The maximum absolute atomic E-state index is 5.24. The molecular weight excluding hydrogens is 198 g/mol. The summed E-state index contributed by atoms with van der Waals surface area (Å²) in [6.07, 6.45) is 0. The molecule has 16 heavy (non-hydrogen) atoms. The van der Waals surface area contributed by atoms with Crippen LogP contribution in [0, 0.1) is 5.92 Å². The number of hydrogen-bond acceptors (Lipinski definition) is 2. The minimum atomic E-state index is 0.365. The summed E-state index contributed by atoms with van der Waals surface area (Å²) in [7, 11) is 1.75. The van der Waals surface area contributed by atoms with Gasteiger partial charge in [0.15, 0.2) is 0 Å². The number of nitrogens with one attached hydrogen (secondary N) is 1. The molecule has 0 amide bonds. The van der Waals surface area contributed by atoms with Gasteiger partial charge in [-0.25, -0.2) is 0 Å². The number of hydrogen-bond donors (Lipinski definition) is 1. The van der Waals surface area contributed by atoms with Gasteiger partial charge in [-0.1, -0.05) is 44.2 Å². The molecule has 0 spiro atoms. The van der Waals surface area contributed by atoms with Crippen molar-refractivity contribution in [1.29, 1.82) is 0 Å². The van der Waals surface area contributed by atoms with Crippen LogP contribution in [0.15, 0.2) is 30.3 Å². The van der Waals surface area contributed by atoms with Gasteiger partial charge in [-0.3, -0.25) is 0 Å². The molecule has 0 bridgehead atoms. The molecule has 90 valence electrons. The predicted octanol–water partition coefficient (Wildman–Crippen LogP) is 3.01. The van der Waals surface area contributed by atoms with Gasteiger partial charge in [0, 0.05) is 19.2 Å². The van der Waals surface area contributed by atoms with Gasteiger partial charge in [-0.15, -0.1) is 0 Å². The van der Waals surface area contributed by atoms with E-state index < -0.39 is 0 Å². The summed E-state index contributed by atoms with van der Waals surface area (Å²) >= 11 is 0. The summed E-state index contributed by atoms with van der Waals surface area (Å²) in [5.41, 5.74) is 1.32. The lowest BCUT2D eigenvalue weighted by molar-refractivity contribution is 0.141. The van der Waals surface area contributed by atoms with E-state index in [9.17, 15) is 0 Å². The molecule has 1 aromatic carbocycles. The highest BCUT2D eigenvalue weighted by atomic mass is 16.5. The summed E-state index contributed by atoms with van der Waals surface area (Å²) in [6.45, 7) is 7.39. The molecule has 0 aromatic heterocycles. The first-order valence-corrected chi connectivity index (χ1v) is 5.95. The van der Waals surface area contributed by atoms with Crippen molar-refractivity contribution < 1.29 is 4.74 Å². The van der Waals surface area contributed by atoms with Gasteiger partial charge in [0.05, 0.1) is 6.61 Å². The van der Waals surface area contributed by atoms with Crippen LogP contribution in [0.2, 0.25) is 0 Å². The zero-order valence-corrected chi connectivity index (χ0v) is 10.7. The fourth-order valence-electron chi connectivity index (χ4n) is 1.77. The molecule has 0 aliphatic carbocycles. The van der Waals surface area contributed by atoms with E-state index in [1.807, 2.05) is 6.07 Å². The number of rotatable bonds is 6. The van der Waals surface area contributed by atoms with Gasteiger partial charge in [-0.05, 0) is 18.4 Å². The molecular formula is C14H23NO. The van der Waals surface area contributed by atoms with E-state index in [0.29, 0.717) is 18.0 Å². The highest BCUT2D eigenvalue weighted by Crippen LogP contribution is 2.14. The Bertz CT molecular complexity index is 284. The average Bonchev–Trinajstić information content (AvgIpc) is 2.29. The Balaban J connectivity index is 2.58. The van der Waals surface area contributed by atoms with E-state index in [1.54, 1.807) is 7.11 Å². The smallest absolute Gasteiger partial charge is 0.0618 e. The fraction of sp³-hybridized carbons (Fsp3) is 0.571. The summed E-state index contributed by atoms with van der Waals surface area (Å²) in [6, 6.07) is 11.3. The molecule has 0 radical (unpaired) electrons. The third kappa shape index (κ3) is 3.95. The summed E-state index contributed by atoms with van der Waals surface area (Å²) in [5.74, 6) is 0.575. The first-order valence-electron chi connectivity index (χ1n) is 5.95. The second-order valence-corrected chi connectivity index (χ2v) is 4.60. The van der Waals surface area contributed by atoms with Crippen LogP contribution in [-0.2, 0) is 4.74 Å². The van der Waals surface area contributed by atoms with Gasteiger partial charge in [-0.2, -0.15) is 0 Å². The Morgan fingerprint density at radius 3 is 2.25 bits per heavy atom. The molecule has 0 saturated carbocycles. The Morgan fingerprint density at radius 1 is 1.12 bits per heavy atom. The highest BCUT2D eigenvalue weighted by Gasteiger charge is 2.16. The van der Waals surface area contributed by atoms with E-state index >= 15 is 0 Å². The monoisotopic (exact) mass is 221 g/mol. The van der Waals surface area contributed by atoms with Crippen LogP contribution < -0.4 is 5.32 Å². The van der Waals surface area contributed by atoms with Crippen molar-refractivity contribution in [3.8, 4) is 0 Å². The third-order valence-electron chi connectivity index (χ3n) is 2.91. The van der Waals surface area contributed by atoms with E-state index in [-0.39, 0.29) is 0 Å². The number of methoxy groups -OCH3 is 1. The van der Waals surface area contributed by atoms with Crippen LogP contribution in [0.5, 0.6) is 0 Å². The summed E-state index contributed by atoms with van der Waals surface area (Å²) in [4.78, 5) is 0. The van der Waals surface area contributed by atoms with Gasteiger partial charge in [0.1, 0.15) is 0 Å². The van der Waals surface area contributed by atoms with Crippen molar-refractivity contribution in [2.24, 2.45) is 5.92 Å². The first kappa shape index (κ1) is 13.2. The molecule has 2 heteroatoms. The van der Waals surface area contributed by atoms with Crippen molar-refractivity contribution in [2.75, 3.05) is 13.7 Å². The molecule has 0 saturated heterocycles. The second-order valence-electron chi connectivity index (χ2n) is 4.60. The molecule has 1 unspecified atom stereocenters. The lowest BCUT2D eigenvalue weighted by Gasteiger charge is -2.26. The predicted molar refractivity (Wildman–Crippen MR) is 68.5 cm³/mol. The Labute approximate surface area is 99.0 Å². The van der Waals surface area contributed by atoms with Crippen LogP contribution in [-0.4, -0.2) is 19.8 Å². The largest absolute Gasteiger partial charge is 0.383 e. The molecule has 0 heterocycles. The average molecular weight is 221 g/mol. The molecule has 2 atom stereocenters. The van der Waals surface area contributed by atoms with E-state index in [4.69, 9.17) is 4.74 Å². The lowest BCUT2D eigenvalue weighted by atomic mass is 10.0. The second kappa shape index (κ2) is 6.66. The van der Waals surface area contributed by atoms with Gasteiger partial charge in [0.25, 0.3) is 0 Å². The maximum atomic E-state index is 5.24. The van der Waals surface area contributed by atoms with E-state index in [2.05, 4.69) is 50.4 Å². The molecule has 1 aromatic rings. The minimum absolute atomic E-state index is 0.365. The van der Waals surface area contributed by atoms with Crippen LogP contribution in [0.4, 0.5) is 0 Å². The van der Waals surface area contributed by atoms with Crippen molar-refractivity contribution in [3.05, 3.63) is 35.9 Å². The van der Waals surface area contributed by atoms with Crippen LogP contribution in [0.25, 0.3) is 0 Å². The summed E-state index contributed by atoms with van der Waals surface area (Å²) < 4.78 is 5.24. The van der Waals surface area contributed by atoms with E-state index in [0.717, 1.165) is 6.61 Å². The molecule has 2 nitrogen and oxygen atoms in total. The van der Waals surface area contributed by atoms with Crippen LogP contribution in [0.3, 0.4) is 0 Å². The quantitative estimate of drug-likeness (QED) is 0.797. The Morgan fingerprint density at radius 2 is 1.75 bits per heavy atom. The van der Waals surface area contributed by atoms with Gasteiger partial charge in [0.2, 0.25) is 0 Å². The number of ether oxygens (including phenoxy) is 1. The molecule has 0 aliphatic heterocycles. The lowest BCUT2D eigenvalue weighted by Crippen LogP contribution is -2.39. The molecule has 1 N–H and O–H groups in total. The Hall–Kier alpha value is -0.860. The normalized spacial score (nSPS) is 15.1. The first-order chi connectivity index (χ1) is 7.65.